The molecule has 0 bridgehead atoms. The Labute approximate surface area is 121 Å². The number of carbonyl (C=O) groups is 2. The molecule has 0 radical (unpaired) electrons. The minimum absolute atomic E-state index is 0.0215. The summed E-state index contributed by atoms with van der Waals surface area (Å²) in [6.45, 7) is 5.87. The second-order valence-corrected chi connectivity index (χ2v) is 5.21. The van der Waals surface area contributed by atoms with Crippen molar-refractivity contribution in [2.45, 2.75) is 45.6 Å². The van der Waals surface area contributed by atoms with E-state index in [4.69, 9.17) is 10.5 Å². The molecule has 1 rings (SSSR count). The van der Waals surface area contributed by atoms with Gasteiger partial charge in [0.05, 0.1) is 12.5 Å². The zero-order valence-electron chi connectivity index (χ0n) is 12.6. The monoisotopic (exact) mass is 285 g/mol. The first-order chi connectivity index (χ1) is 9.62. The van der Waals surface area contributed by atoms with E-state index in [0.717, 1.165) is 32.2 Å². The summed E-state index contributed by atoms with van der Waals surface area (Å²) in [6, 6.07) is -0.0215. The number of carbonyl (C=O) groups excluding carboxylic acids is 2. The van der Waals surface area contributed by atoms with Gasteiger partial charge in [0.15, 0.2) is 0 Å². The molecule has 1 saturated heterocycles. The summed E-state index contributed by atoms with van der Waals surface area (Å²) in [7, 11) is 0. The van der Waals surface area contributed by atoms with E-state index in [-0.39, 0.29) is 17.9 Å². The van der Waals surface area contributed by atoms with Crippen LogP contribution >= 0.6 is 0 Å². The van der Waals surface area contributed by atoms with Gasteiger partial charge in [-0.3, -0.25) is 4.79 Å². The van der Waals surface area contributed by atoms with Gasteiger partial charge in [-0.1, -0.05) is 13.3 Å². The number of amides is 2. The third kappa shape index (κ3) is 5.00. The Morgan fingerprint density at radius 2 is 2.20 bits per heavy atom. The number of nitrogens with two attached hydrogens (primary N) is 1. The maximum absolute atomic E-state index is 12.4. The number of nitrogens with zero attached hydrogens (tertiary/aromatic N) is 1. The predicted molar refractivity (Wildman–Crippen MR) is 77.2 cm³/mol. The van der Waals surface area contributed by atoms with Crippen molar-refractivity contribution < 1.29 is 14.3 Å². The molecule has 0 aromatic rings. The van der Waals surface area contributed by atoms with Gasteiger partial charge in [-0.25, -0.2) is 4.79 Å². The highest BCUT2D eigenvalue weighted by Crippen LogP contribution is 2.16. The van der Waals surface area contributed by atoms with Gasteiger partial charge >= 0.3 is 6.09 Å². The third-order valence-corrected chi connectivity index (χ3v) is 3.60. The molecule has 2 atom stereocenters. The Balaban J connectivity index is 2.50. The second kappa shape index (κ2) is 8.79. The van der Waals surface area contributed by atoms with Crippen molar-refractivity contribution in [2.75, 3.05) is 26.2 Å². The number of hydrogen-bond donors (Lipinski definition) is 2. The highest BCUT2D eigenvalue weighted by molar-refractivity contribution is 5.79. The molecule has 0 spiro atoms. The van der Waals surface area contributed by atoms with Crippen molar-refractivity contribution in [3.8, 4) is 0 Å². The average Bonchev–Trinajstić information content (AvgIpc) is 2.44. The van der Waals surface area contributed by atoms with Gasteiger partial charge in [-0.15, -0.1) is 0 Å². The lowest BCUT2D eigenvalue weighted by Crippen LogP contribution is -2.51. The van der Waals surface area contributed by atoms with Crippen molar-refractivity contribution >= 4 is 12.0 Å². The third-order valence-electron chi connectivity index (χ3n) is 3.60. The lowest BCUT2D eigenvalue weighted by Gasteiger charge is -2.34. The zero-order chi connectivity index (χ0) is 15.0. The van der Waals surface area contributed by atoms with E-state index in [0.29, 0.717) is 19.7 Å². The van der Waals surface area contributed by atoms with Crippen molar-refractivity contribution in [3.05, 3.63) is 0 Å². The van der Waals surface area contributed by atoms with Crippen LogP contribution < -0.4 is 11.1 Å². The lowest BCUT2D eigenvalue weighted by atomic mass is 9.99. The van der Waals surface area contributed by atoms with Crippen LogP contribution in [-0.4, -0.2) is 49.2 Å². The van der Waals surface area contributed by atoms with Crippen LogP contribution in [0.2, 0.25) is 0 Å². The molecule has 0 aromatic carbocycles. The maximum Gasteiger partial charge on any atom is 0.407 e. The Kier molecular flexibility index (Phi) is 7.36. The molecule has 0 aliphatic carbocycles. The van der Waals surface area contributed by atoms with Crippen LogP contribution in [0.25, 0.3) is 0 Å². The first-order valence-electron chi connectivity index (χ1n) is 7.54. The van der Waals surface area contributed by atoms with Crippen LogP contribution in [0.4, 0.5) is 4.79 Å². The fourth-order valence-electron chi connectivity index (χ4n) is 2.58. The molecule has 20 heavy (non-hydrogen) atoms. The summed E-state index contributed by atoms with van der Waals surface area (Å²) in [6.07, 6.45) is 3.14. The standard InChI is InChI=1S/C14H27N3O3/c1-3-6-11(9-15)13(18)17-8-5-7-12(10-17)16-14(19)20-4-2/h11-12H,3-10,15H2,1-2H3,(H,16,19). The first kappa shape index (κ1) is 16.8. The fraction of sp³-hybridized carbons (Fsp3) is 0.857. The highest BCUT2D eigenvalue weighted by atomic mass is 16.5. The van der Waals surface area contributed by atoms with Gasteiger partial charge in [-0.05, 0) is 26.2 Å². The minimum atomic E-state index is -0.407. The van der Waals surface area contributed by atoms with E-state index in [9.17, 15) is 9.59 Å². The molecule has 1 heterocycles. The smallest absolute Gasteiger partial charge is 0.407 e. The summed E-state index contributed by atoms with van der Waals surface area (Å²) in [5.74, 6) is 0.0195. The largest absolute Gasteiger partial charge is 0.450 e. The number of ether oxygens (including phenoxy) is 1. The normalized spacial score (nSPS) is 20.4. The van der Waals surface area contributed by atoms with Crippen molar-refractivity contribution in [2.24, 2.45) is 11.7 Å². The average molecular weight is 285 g/mol. The molecule has 0 aromatic heterocycles. The quantitative estimate of drug-likeness (QED) is 0.765. The Bertz CT molecular complexity index is 323. The number of nitrogens with one attached hydrogen (secondary N) is 1. The van der Waals surface area contributed by atoms with Crippen LogP contribution in [0.15, 0.2) is 0 Å². The van der Waals surface area contributed by atoms with Crippen molar-refractivity contribution in [3.63, 3.8) is 0 Å². The van der Waals surface area contributed by atoms with Crippen molar-refractivity contribution in [1.82, 2.24) is 10.2 Å². The van der Waals surface area contributed by atoms with Crippen LogP contribution in [-0.2, 0) is 9.53 Å². The lowest BCUT2D eigenvalue weighted by molar-refractivity contribution is -0.136. The molecule has 1 aliphatic heterocycles. The molecule has 0 saturated carbocycles. The first-order valence-corrected chi connectivity index (χ1v) is 7.54. The number of likely N-dealkylation sites (tertiary alicyclic amines) is 1. The summed E-state index contributed by atoms with van der Waals surface area (Å²) in [5.41, 5.74) is 5.68. The van der Waals surface area contributed by atoms with E-state index in [1.165, 1.54) is 0 Å². The van der Waals surface area contributed by atoms with Gasteiger partial charge in [-0.2, -0.15) is 0 Å². The number of hydrogen-bond acceptors (Lipinski definition) is 4. The summed E-state index contributed by atoms with van der Waals surface area (Å²) in [4.78, 5) is 25.6. The van der Waals surface area contributed by atoms with E-state index >= 15 is 0 Å². The van der Waals surface area contributed by atoms with E-state index < -0.39 is 6.09 Å². The molecule has 6 nitrogen and oxygen atoms in total. The van der Waals surface area contributed by atoms with E-state index in [1.807, 2.05) is 4.90 Å². The van der Waals surface area contributed by atoms with E-state index in [1.54, 1.807) is 6.92 Å². The molecule has 116 valence electrons. The molecule has 1 aliphatic rings. The fourth-order valence-corrected chi connectivity index (χ4v) is 2.58. The van der Waals surface area contributed by atoms with Crippen LogP contribution in [0, 0.1) is 5.92 Å². The molecule has 2 amide bonds. The SMILES string of the molecule is CCCC(CN)C(=O)N1CCCC(NC(=O)OCC)C1. The molecule has 2 unspecified atom stereocenters. The summed E-state index contributed by atoms with van der Waals surface area (Å²) in [5, 5.41) is 2.81. The number of rotatable bonds is 6. The van der Waals surface area contributed by atoms with Crippen LogP contribution in [0.3, 0.4) is 0 Å². The maximum atomic E-state index is 12.4. The van der Waals surface area contributed by atoms with Gasteiger partial charge in [0, 0.05) is 25.7 Å². The van der Waals surface area contributed by atoms with Gasteiger partial charge in [0.1, 0.15) is 0 Å². The second-order valence-electron chi connectivity index (χ2n) is 5.21. The molecule has 1 fully saturated rings. The Morgan fingerprint density at radius 3 is 2.80 bits per heavy atom. The summed E-state index contributed by atoms with van der Waals surface area (Å²) >= 11 is 0. The Morgan fingerprint density at radius 1 is 1.45 bits per heavy atom. The molecule has 3 N–H and O–H groups in total. The highest BCUT2D eigenvalue weighted by Gasteiger charge is 2.28. The van der Waals surface area contributed by atoms with Crippen molar-refractivity contribution in [1.29, 1.82) is 0 Å². The van der Waals surface area contributed by atoms with Gasteiger partial charge < -0.3 is 20.7 Å². The molecular formula is C14H27N3O3. The number of alkyl carbamates (subject to hydrolysis) is 1. The predicted octanol–water partition coefficient (Wildman–Crippen LogP) is 1.10. The number of piperidine rings is 1. The van der Waals surface area contributed by atoms with Crippen LogP contribution in [0.1, 0.15) is 39.5 Å². The zero-order valence-corrected chi connectivity index (χ0v) is 12.6. The Hall–Kier alpha value is -1.30. The topological polar surface area (TPSA) is 84.7 Å². The molecular weight excluding hydrogens is 258 g/mol. The van der Waals surface area contributed by atoms with Gasteiger partial charge in [0.2, 0.25) is 5.91 Å². The van der Waals surface area contributed by atoms with Gasteiger partial charge in [0.25, 0.3) is 0 Å². The minimum Gasteiger partial charge on any atom is -0.450 e. The van der Waals surface area contributed by atoms with E-state index in [2.05, 4.69) is 12.2 Å². The molecule has 6 heteroatoms. The summed E-state index contributed by atoms with van der Waals surface area (Å²) < 4.78 is 4.87. The van der Waals surface area contributed by atoms with Crippen LogP contribution in [0.5, 0.6) is 0 Å².